The maximum absolute atomic E-state index is 11.4. The summed E-state index contributed by atoms with van der Waals surface area (Å²) in [7, 11) is 0. The van der Waals surface area contributed by atoms with Crippen LogP contribution in [0, 0.1) is 5.92 Å². The summed E-state index contributed by atoms with van der Waals surface area (Å²) in [5.74, 6) is 0.317. The van der Waals surface area contributed by atoms with E-state index in [4.69, 9.17) is 5.73 Å². The summed E-state index contributed by atoms with van der Waals surface area (Å²) in [5, 5.41) is 2.81. The summed E-state index contributed by atoms with van der Waals surface area (Å²) in [6.45, 7) is 0. The Balaban J connectivity index is 0.000000980. The van der Waals surface area contributed by atoms with E-state index in [-0.39, 0.29) is 18.0 Å². The fourth-order valence-corrected chi connectivity index (χ4v) is 1.19. The first-order valence-electron chi connectivity index (χ1n) is 4.43. The standard InChI is InChI=1S/C10H12N2O.H3N/c11-8-3-1-2-4-9(8)12-10(13)7-5-6-7;/h1-4,7H,5-6,11H2,(H,12,13);1H3. The molecule has 2 rings (SSSR count). The number of nitrogens with one attached hydrogen (secondary N) is 1. The number of hydrogen-bond acceptors (Lipinski definition) is 3. The molecule has 14 heavy (non-hydrogen) atoms. The van der Waals surface area contributed by atoms with Crippen LogP contribution in [-0.4, -0.2) is 5.91 Å². The summed E-state index contributed by atoms with van der Waals surface area (Å²) in [6.07, 6.45) is 2.02. The van der Waals surface area contributed by atoms with Crippen molar-refractivity contribution in [2.24, 2.45) is 5.92 Å². The van der Waals surface area contributed by atoms with E-state index in [0.29, 0.717) is 5.69 Å². The molecule has 0 unspecified atom stereocenters. The largest absolute Gasteiger partial charge is 0.397 e. The minimum Gasteiger partial charge on any atom is -0.397 e. The van der Waals surface area contributed by atoms with Crippen molar-refractivity contribution in [3.05, 3.63) is 24.3 Å². The highest BCUT2D eigenvalue weighted by atomic mass is 16.2. The summed E-state index contributed by atoms with van der Waals surface area (Å²) >= 11 is 0. The molecule has 76 valence electrons. The molecule has 1 fully saturated rings. The van der Waals surface area contributed by atoms with Crippen LogP contribution in [0.15, 0.2) is 24.3 Å². The van der Waals surface area contributed by atoms with Crippen molar-refractivity contribution in [1.82, 2.24) is 6.15 Å². The van der Waals surface area contributed by atoms with E-state index >= 15 is 0 Å². The third kappa shape index (κ3) is 2.23. The number of nitrogen functional groups attached to an aromatic ring is 1. The average molecular weight is 193 g/mol. The SMILES string of the molecule is N.Nc1ccccc1NC(=O)C1CC1. The number of benzene rings is 1. The molecule has 1 aromatic carbocycles. The van der Waals surface area contributed by atoms with Crippen LogP contribution in [0.25, 0.3) is 0 Å². The van der Waals surface area contributed by atoms with Crippen LogP contribution in [0.1, 0.15) is 12.8 Å². The van der Waals surface area contributed by atoms with Crippen LogP contribution in [-0.2, 0) is 4.79 Å². The lowest BCUT2D eigenvalue weighted by Crippen LogP contribution is -2.14. The van der Waals surface area contributed by atoms with Crippen molar-refractivity contribution in [2.45, 2.75) is 12.8 Å². The smallest absolute Gasteiger partial charge is 0.227 e. The van der Waals surface area contributed by atoms with Crippen molar-refractivity contribution in [3.63, 3.8) is 0 Å². The topological polar surface area (TPSA) is 90.1 Å². The molecule has 0 atom stereocenters. The molecule has 0 aromatic heterocycles. The van der Waals surface area contributed by atoms with Crippen LogP contribution in [0.2, 0.25) is 0 Å². The first kappa shape index (κ1) is 10.5. The highest BCUT2D eigenvalue weighted by Gasteiger charge is 2.29. The molecule has 1 aliphatic carbocycles. The second kappa shape index (κ2) is 4.11. The van der Waals surface area contributed by atoms with Crippen molar-refractivity contribution >= 4 is 17.3 Å². The van der Waals surface area contributed by atoms with Gasteiger partial charge in [0.15, 0.2) is 0 Å². The molecular formula is C10H15N3O. The van der Waals surface area contributed by atoms with Crippen molar-refractivity contribution in [1.29, 1.82) is 0 Å². The quantitative estimate of drug-likeness (QED) is 0.625. The molecule has 0 heterocycles. The van der Waals surface area contributed by atoms with Crippen LogP contribution in [0.3, 0.4) is 0 Å². The molecule has 6 N–H and O–H groups in total. The number of anilines is 2. The van der Waals surface area contributed by atoms with Gasteiger partial charge < -0.3 is 17.2 Å². The Hall–Kier alpha value is -1.55. The Labute approximate surface area is 83.1 Å². The van der Waals surface area contributed by atoms with Gasteiger partial charge in [0.25, 0.3) is 0 Å². The third-order valence-corrected chi connectivity index (χ3v) is 2.17. The van der Waals surface area contributed by atoms with Crippen molar-refractivity contribution in [3.8, 4) is 0 Å². The second-order valence-corrected chi connectivity index (χ2v) is 3.35. The minimum absolute atomic E-state index is 0. The third-order valence-electron chi connectivity index (χ3n) is 2.17. The molecule has 1 aromatic rings. The molecule has 1 aliphatic rings. The lowest BCUT2D eigenvalue weighted by atomic mass is 10.2. The summed E-state index contributed by atoms with van der Waals surface area (Å²) in [4.78, 5) is 11.4. The van der Waals surface area contributed by atoms with Gasteiger partial charge in [-0.15, -0.1) is 0 Å². The fraction of sp³-hybridized carbons (Fsp3) is 0.300. The zero-order valence-electron chi connectivity index (χ0n) is 7.99. The van der Waals surface area contributed by atoms with Crippen molar-refractivity contribution in [2.75, 3.05) is 11.1 Å². The van der Waals surface area contributed by atoms with E-state index in [0.717, 1.165) is 18.5 Å². The normalized spacial score (nSPS) is 14.3. The Morgan fingerprint density at radius 2 is 2.00 bits per heavy atom. The van der Waals surface area contributed by atoms with Crippen LogP contribution in [0.5, 0.6) is 0 Å². The predicted octanol–water partition coefficient (Wildman–Crippen LogP) is 1.78. The van der Waals surface area contributed by atoms with E-state index in [1.165, 1.54) is 0 Å². The van der Waals surface area contributed by atoms with Gasteiger partial charge in [-0.1, -0.05) is 12.1 Å². The number of para-hydroxylation sites is 2. The predicted molar refractivity (Wildman–Crippen MR) is 57.2 cm³/mol. The Bertz CT molecular complexity index is 334. The van der Waals surface area contributed by atoms with E-state index in [1.807, 2.05) is 18.2 Å². The molecule has 0 bridgehead atoms. The van der Waals surface area contributed by atoms with E-state index in [9.17, 15) is 4.79 Å². The van der Waals surface area contributed by atoms with Crippen LogP contribution >= 0.6 is 0 Å². The zero-order chi connectivity index (χ0) is 9.26. The van der Waals surface area contributed by atoms with E-state index in [2.05, 4.69) is 5.32 Å². The molecule has 0 aliphatic heterocycles. The zero-order valence-corrected chi connectivity index (χ0v) is 7.99. The molecule has 4 heteroatoms. The van der Waals surface area contributed by atoms with Gasteiger partial charge in [0.05, 0.1) is 11.4 Å². The molecule has 1 saturated carbocycles. The lowest BCUT2D eigenvalue weighted by molar-refractivity contribution is -0.117. The van der Waals surface area contributed by atoms with E-state index in [1.54, 1.807) is 6.07 Å². The first-order valence-corrected chi connectivity index (χ1v) is 4.43. The highest BCUT2D eigenvalue weighted by molar-refractivity contribution is 5.96. The van der Waals surface area contributed by atoms with Gasteiger partial charge in [-0.25, -0.2) is 0 Å². The fourth-order valence-electron chi connectivity index (χ4n) is 1.19. The number of hydrogen-bond donors (Lipinski definition) is 3. The van der Waals surface area contributed by atoms with Gasteiger partial charge in [-0.05, 0) is 25.0 Å². The molecule has 0 saturated heterocycles. The molecular weight excluding hydrogens is 178 g/mol. The first-order chi connectivity index (χ1) is 6.27. The maximum Gasteiger partial charge on any atom is 0.227 e. The Morgan fingerprint density at radius 1 is 1.36 bits per heavy atom. The summed E-state index contributed by atoms with van der Waals surface area (Å²) in [6, 6.07) is 7.30. The molecule has 1 amide bonds. The van der Waals surface area contributed by atoms with Gasteiger partial charge in [0, 0.05) is 5.92 Å². The number of amides is 1. The summed E-state index contributed by atoms with van der Waals surface area (Å²) in [5.41, 5.74) is 7.02. The monoisotopic (exact) mass is 193 g/mol. The van der Waals surface area contributed by atoms with Gasteiger partial charge in [0.1, 0.15) is 0 Å². The maximum atomic E-state index is 11.4. The van der Waals surface area contributed by atoms with Gasteiger partial charge >= 0.3 is 0 Å². The Morgan fingerprint density at radius 3 is 2.57 bits per heavy atom. The second-order valence-electron chi connectivity index (χ2n) is 3.35. The van der Waals surface area contributed by atoms with Crippen molar-refractivity contribution < 1.29 is 4.79 Å². The number of carbonyl (C=O) groups excluding carboxylic acids is 1. The van der Waals surface area contributed by atoms with Gasteiger partial charge in [-0.2, -0.15) is 0 Å². The minimum atomic E-state index is 0. The lowest BCUT2D eigenvalue weighted by Gasteiger charge is -2.06. The summed E-state index contributed by atoms with van der Waals surface area (Å²) < 4.78 is 0. The van der Waals surface area contributed by atoms with Crippen LogP contribution < -0.4 is 17.2 Å². The molecule has 0 radical (unpaired) electrons. The van der Waals surface area contributed by atoms with Gasteiger partial charge in [-0.3, -0.25) is 4.79 Å². The molecule has 4 nitrogen and oxygen atoms in total. The number of nitrogens with two attached hydrogens (primary N) is 1. The van der Waals surface area contributed by atoms with Gasteiger partial charge in [0.2, 0.25) is 5.91 Å². The highest BCUT2D eigenvalue weighted by Crippen LogP contribution is 2.30. The molecule has 0 spiro atoms. The Kier molecular flexibility index (Phi) is 3.09. The number of rotatable bonds is 2. The average Bonchev–Trinajstić information content (AvgIpc) is 2.91. The number of carbonyl (C=O) groups is 1. The van der Waals surface area contributed by atoms with Crippen LogP contribution in [0.4, 0.5) is 11.4 Å². The van der Waals surface area contributed by atoms with E-state index < -0.39 is 0 Å².